The molecule has 1 aromatic rings. The van der Waals surface area contributed by atoms with Crippen LogP contribution in [0.3, 0.4) is 0 Å². The Bertz CT molecular complexity index is 418. The van der Waals surface area contributed by atoms with Gasteiger partial charge in [0.15, 0.2) is 0 Å². The molecule has 3 nitrogen and oxygen atoms in total. The monoisotopic (exact) mass is 274 g/mol. The molecule has 1 aromatic carbocycles. The first kappa shape index (κ1) is 15.0. The normalized spacial score (nSPS) is 24.1. The van der Waals surface area contributed by atoms with E-state index in [0.717, 1.165) is 25.8 Å². The minimum Gasteiger partial charge on any atom is -0.348 e. The van der Waals surface area contributed by atoms with Crippen LogP contribution in [0.5, 0.6) is 0 Å². The predicted molar refractivity (Wildman–Crippen MR) is 82.4 cm³/mol. The van der Waals surface area contributed by atoms with E-state index >= 15 is 0 Å². The third kappa shape index (κ3) is 3.83. The van der Waals surface area contributed by atoms with Gasteiger partial charge in [0.1, 0.15) is 0 Å². The summed E-state index contributed by atoms with van der Waals surface area (Å²) >= 11 is 0. The van der Waals surface area contributed by atoms with E-state index in [-0.39, 0.29) is 18.0 Å². The molecular formula is C17H26N2O. The number of nitrogens with one attached hydrogen (secondary N) is 2. The number of rotatable bonds is 5. The largest absolute Gasteiger partial charge is 0.348 e. The molecule has 0 saturated carbocycles. The lowest BCUT2D eigenvalue weighted by molar-refractivity contribution is -0.125. The number of hydrogen-bond donors (Lipinski definition) is 2. The van der Waals surface area contributed by atoms with Crippen LogP contribution in [0.25, 0.3) is 0 Å². The summed E-state index contributed by atoms with van der Waals surface area (Å²) < 4.78 is 0. The Morgan fingerprint density at radius 1 is 1.40 bits per heavy atom. The molecule has 20 heavy (non-hydrogen) atoms. The molecule has 2 N–H and O–H groups in total. The van der Waals surface area contributed by atoms with E-state index in [1.54, 1.807) is 0 Å². The zero-order chi connectivity index (χ0) is 14.4. The SMILES string of the molecule is CCCC(NC(=O)C1NCCCC1C)c1ccccc1. The standard InChI is InChI=1S/C17H26N2O/c1-3-8-15(14-10-5-4-6-11-14)19-17(20)16-13(2)9-7-12-18-16/h4-6,10-11,13,15-16,18H,3,7-9,12H2,1-2H3,(H,19,20). The first-order chi connectivity index (χ1) is 9.72. The summed E-state index contributed by atoms with van der Waals surface area (Å²) in [6, 6.07) is 10.4. The van der Waals surface area contributed by atoms with E-state index in [1.165, 1.54) is 12.0 Å². The molecular weight excluding hydrogens is 248 g/mol. The van der Waals surface area contributed by atoms with Crippen molar-refractivity contribution >= 4 is 5.91 Å². The van der Waals surface area contributed by atoms with Gasteiger partial charge in [-0.1, -0.05) is 50.6 Å². The number of amides is 1. The second-order valence-corrected chi connectivity index (χ2v) is 5.81. The highest BCUT2D eigenvalue weighted by Crippen LogP contribution is 2.20. The molecule has 0 radical (unpaired) electrons. The molecule has 3 unspecified atom stereocenters. The number of piperidine rings is 1. The van der Waals surface area contributed by atoms with Crippen molar-refractivity contribution in [2.75, 3.05) is 6.54 Å². The van der Waals surface area contributed by atoms with Crippen molar-refractivity contribution in [3.05, 3.63) is 35.9 Å². The van der Waals surface area contributed by atoms with Crippen molar-refractivity contribution in [3.63, 3.8) is 0 Å². The lowest BCUT2D eigenvalue weighted by Crippen LogP contribution is -2.51. The van der Waals surface area contributed by atoms with Crippen molar-refractivity contribution in [3.8, 4) is 0 Å². The van der Waals surface area contributed by atoms with Crippen LogP contribution in [-0.4, -0.2) is 18.5 Å². The maximum absolute atomic E-state index is 12.5. The van der Waals surface area contributed by atoms with Gasteiger partial charge in [0.2, 0.25) is 5.91 Å². The van der Waals surface area contributed by atoms with Crippen LogP contribution in [0.1, 0.15) is 51.1 Å². The molecule has 1 aliphatic heterocycles. The highest BCUT2D eigenvalue weighted by Gasteiger charge is 2.28. The van der Waals surface area contributed by atoms with E-state index in [0.29, 0.717) is 5.92 Å². The Balaban J connectivity index is 2.02. The zero-order valence-corrected chi connectivity index (χ0v) is 12.6. The van der Waals surface area contributed by atoms with Crippen LogP contribution in [0.2, 0.25) is 0 Å². The third-order valence-corrected chi connectivity index (χ3v) is 4.15. The third-order valence-electron chi connectivity index (χ3n) is 4.15. The first-order valence-corrected chi connectivity index (χ1v) is 7.81. The molecule has 0 aliphatic carbocycles. The van der Waals surface area contributed by atoms with Gasteiger partial charge < -0.3 is 10.6 Å². The predicted octanol–water partition coefficient (Wildman–Crippen LogP) is 3.03. The van der Waals surface area contributed by atoms with Gasteiger partial charge in [-0.25, -0.2) is 0 Å². The Morgan fingerprint density at radius 2 is 2.15 bits per heavy atom. The minimum atomic E-state index is -0.0354. The Morgan fingerprint density at radius 3 is 2.80 bits per heavy atom. The average Bonchev–Trinajstić information content (AvgIpc) is 2.48. The van der Waals surface area contributed by atoms with Gasteiger partial charge in [0.25, 0.3) is 0 Å². The number of benzene rings is 1. The molecule has 0 bridgehead atoms. The molecule has 1 heterocycles. The molecule has 0 spiro atoms. The van der Waals surface area contributed by atoms with Gasteiger partial charge in [-0.15, -0.1) is 0 Å². The van der Waals surface area contributed by atoms with E-state index in [1.807, 2.05) is 18.2 Å². The van der Waals surface area contributed by atoms with Crippen molar-refractivity contribution in [1.29, 1.82) is 0 Å². The highest BCUT2D eigenvalue weighted by atomic mass is 16.2. The summed E-state index contributed by atoms with van der Waals surface area (Å²) in [6.07, 6.45) is 4.35. The Kier molecular flexibility index (Phi) is 5.60. The van der Waals surface area contributed by atoms with Crippen LogP contribution < -0.4 is 10.6 Å². The quantitative estimate of drug-likeness (QED) is 0.866. The van der Waals surface area contributed by atoms with Gasteiger partial charge in [-0.3, -0.25) is 4.79 Å². The van der Waals surface area contributed by atoms with Crippen LogP contribution >= 0.6 is 0 Å². The van der Waals surface area contributed by atoms with Gasteiger partial charge in [-0.2, -0.15) is 0 Å². The first-order valence-electron chi connectivity index (χ1n) is 7.81. The number of carbonyl (C=O) groups is 1. The summed E-state index contributed by atoms with van der Waals surface area (Å²) in [6.45, 7) is 5.27. The molecule has 0 aromatic heterocycles. The average molecular weight is 274 g/mol. The Labute approximate surface area is 122 Å². The summed E-state index contributed by atoms with van der Waals surface area (Å²) in [5.41, 5.74) is 1.20. The molecule has 2 rings (SSSR count). The molecule has 110 valence electrons. The molecule has 1 saturated heterocycles. The van der Waals surface area contributed by atoms with Gasteiger partial charge in [0, 0.05) is 0 Å². The molecule has 3 atom stereocenters. The van der Waals surface area contributed by atoms with E-state index < -0.39 is 0 Å². The van der Waals surface area contributed by atoms with Crippen LogP contribution in [0.4, 0.5) is 0 Å². The maximum atomic E-state index is 12.5. The van der Waals surface area contributed by atoms with Crippen molar-refractivity contribution < 1.29 is 4.79 Å². The minimum absolute atomic E-state index is 0.0354. The zero-order valence-electron chi connectivity index (χ0n) is 12.6. The van der Waals surface area contributed by atoms with Crippen molar-refractivity contribution in [1.82, 2.24) is 10.6 Å². The van der Waals surface area contributed by atoms with Crippen LogP contribution in [0.15, 0.2) is 30.3 Å². The molecule has 1 fully saturated rings. The fourth-order valence-corrected chi connectivity index (χ4v) is 2.96. The van der Waals surface area contributed by atoms with Gasteiger partial charge in [0.05, 0.1) is 12.1 Å². The Hall–Kier alpha value is -1.35. The summed E-state index contributed by atoms with van der Waals surface area (Å²) in [4.78, 5) is 12.5. The summed E-state index contributed by atoms with van der Waals surface area (Å²) in [7, 11) is 0. The van der Waals surface area contributed by atoms with Crippen LogP contribution in [0, 0.1) is 5.92 Å². The number of carbonyl (C=O) groups excluding carboxylic acids is 1. The van der Waals surface area contributed by atoms with Crippen molar-refractivity contribution in [2.45, 2.75) is 51.6 Å². The lowest BCUT2D eigenvalue weighted by Gasteiger charge is -2.30. The second kappa shape index (κ2) is 7.44. The molecule has 1 aliphatic rings. The fraction of sp³-hybridized carbons (Fsp3) is 0.588. The highest BCUT2D eigenvalue weighted by molar-refractivity contribution is 5.82. The van der Waals surface area contributed by atoms with Crippen molar-refractivity contribution in [2.24, 2.45) is 5.92 Å². The smallest absolute Gasteiger partial charge is 0.237 e. The molecule has 3 heteroatoms. The lowest BCUT2D eigenvalue weighted by atomic mass is 9.91. The topological polar surface area (TPSA) is 41.1 Å². The van der Waals surface area contributed by atoms with Gasteiger partial charge >= 0.3 is 0 Å². The summed E-state index contributed by atoms with van der Waals surface area (Å²) in [5, 5.41) is 6.59. The summed E-state index contributed by atoms with van der Waals surface area (Å²) in [5.74, 6) is 0.571. The fourth-order valence-electron chi connectivity index (χ4n) is 2.96. The molecule has 1 amide bonds. The van der Waals surface area contributed by atoms with E-state index in [9.17, 15) is 4.79 Å². The van der Waals surface area contributed by atoms with E-state index in [2.05, 4.69) is 36.6 Å². The van der Waals surface area contributed by atoms with E-state index in [4.69, 9.17) is 0 Å². The maximum Gasteiger partial charge on any atom is 0.237 e. The van der Waals surface area contributed by atoms with Gasteiger partial charge in [-0.05, 0) is 37.3 Å². The van der Waals surface area contributed by atoms with Crippen LogP contribution in [-0.2, 0) is 4.79 Å². The number of hydrogen-bond acceptors (Lipinski definition) is 2. The second-order valence-electron chi connectivity index (χ2n) is 5.81.